The highest BCUT2D eigenvalue weighted by Crippen LogP contribution is 2.22. The molecular weight excluding hydrogens is 223 g/mol. The van der Waals surface area contributed by atoms with Crippen LogP contribution < -0.4 is 10.1 Å². The molecule has 0 aromatic carbocycles. The fraction of sp³-hybridized carbons (Fsp3) is 0.556. The van der Waals surface area contributed by atoms with E-state index in [4.69, 9.17) is 4.74 Å². The van der Waals surface area contributed by atoms with Crippen LogP contribution in [0.3, 0.4) is 0 Å². The van der Waals surface area contributed by atoms with Gasteiger partial charge in [-0.2, -0.15) is 13.2 Å². The number of hydrogen-bond acceptors (Lipinski definition) is 4. The molecule has 1 heterocycles. The molecule has 1 N–H and O–H groups in total. The zero-order valence-corrected chi connectivity index (χ0v) is 8.88. The average molecular weight is 235 g/mol. The van der Waals surface area contributed by atoms with Crippen molar-refractivity contribution in [2.75, 3.05) is 12.4 Å². The van der Waals surface area contributed by atoms with Gasteiger partial charge in [0.05, 0.1) is 25.9 Å². The second kappa shape index (κ2) is 5.00. The zero-order chi connectivity index (χ0) is 12.2. The first kappa shape index (κ1) is 12.5. The topological polar surface area (TPSA) is 47.0 Å². The SMILES string of the molecule is COc1cnc(NC(C)CC(F)(F)F)nc1. The molecule has 1 aromatic heterocycles. The monoisotopic (exact) mass is 235 g/mol. The van der Waals surface area contributed by atoms with E-state index in [2.05, 4.69) is 15.3 Å². The molecule has 0 fully saturated rings. The summed E-state index contributed by atoms with van der Waals surface area (Å²) in [5.74, 6) is 0.603. The molecular formula is C9H12F3N3O. The summed E-state index contributed by atoms with van der Waals surface area (Å²) in [5.41, 5.74) is 0. The van der Waals surface area contributed by atoms with E-state index in [1.807, 2.05) is 0 Å². The van der Waals surface area contributed by atoms with Crippen molar-refractivity contribution in [2.24, 2.45) is 0 Å². The lowest BCUT2D eigenvalue weighted by Gasteiger charge is -2.15. The Morgan fingerprint density at radius 3 is 2.38 bits per heavy atom. The lowest BCUT2D eigenvalue weighted by Crippen LogP contribution is -2.24. The Hall–Kier alpha value is -1.53. The number of rotatable bonds is 4. The summed E-state index contributed by atoms with van der Waals surface area (Å²) < 4.78 is 40.9. The van der Waals surface area contributed by atoms with E-state index in [1.54, 1.807) is 0 Å². The number of nitrogens with one attached hydrogen (secondary N) is 1. The predicted molar refractivity (Wildman–Crippen MR) is 52.3 cm³/mol. The van der Waals surface area contributed by atoms with Crippen LogP contribution in [0.25, 0.3) is 0 Å². The molecule has 7 heteroatoms. The molecule has 0 saturated heterocycles. The zero-order valence-electron chi connectivity index (χ0n) is 8.88. The Labute approximate surface area is 90.9 Å². The van der Waals surface area contributed by atoms with Gasteiger partial charge in [-0.15, -0.1) is 0 Å². The summed E-state index contributed by atoms with van der Waals surface area (Å²) in [6.07, 6.45) is -2.35. The van der Waals surface area contributed by atoms with Crippen LogP contribution in [0.4, 0.5) is 19.1 Å². The Kier molecular flexibility index (Phi) is 3.92. The average Bonchev–Trinajstić information content (AvgIpc) is 2.16. The highest BCUT2D eigenvalue weighted by atomic mass is 19.4. The fourth-order valence-corrected chi connectivity index (χ4v) is 1.11. The van der Waals surface area contributed by atoms with Gasteiger partial charge >= 0.3 is 6.18 Å². The number of methoxy groups -OCH3 is 1. The Bertz CT molecular complexity index is 326. The van der Waals surface area contributed by atoms with Crippen LogP contribution in [-0.2, 0) is 0 Å². The van der Waals surface area contributed by atoms with E-state index in [-0.39, 0.29) is 5.95 Å². The van der Waals surface area contributed by atoms with Gasteiger partial charge in [-0.25, -0.2) is 9.97 Å². The number of nitrogens with zero attached hydrogens (tertiary/aromatic N) is 2. The number of aromatic nitrogens is 2. The van der Waals surface area contributed by atoms with Crippen molar-refractivity contribution >= 4 is 5.95 Å². The lowest BCUT2D eigenvalue weighted by atomic mass is 10.2. The third kappa shape index (κ3) is 4.33. The lowest BCUT2D eigenvalue weighted by molar-refractivity contribution is -0.136. The van der Waals surface area contributed by atoms with Gasteiger partial charge in [0.25, 0.3) is 0 Å². The van der Waals surface area contributed by atoms with Gasteiger partial charge in [-0.3, -0.25) is 0 Å². The van der Waals surface area contributed by atoms with Gasteiger partial charge in [0, 0.05) is 6.04 Å². The van der Waals surface area contributed by atoms with Crippen molar-refractivity contribution in [1.29, 1.82) is 0 Å². The smallest absolute Gasteiger partial charge is 0.391 e. The number of hydrogen-bond donors (Lipinski definition) is 1. The third-order valence-electron chi connectivity index (χ3n) is 1.78. The first-order valence-corrected chi connectivity index (χ1v) is 4.60. The highest BCUT2D eigenvalue weighted by Gasteiger charge is 2.30. The molecule has 0 amide bonds. The molecule has 1 aromatic rings. The normalized spacial score (nSPS) is 13.3. The van der Waals surface area contributed by atoms with E-state index in [0.29, 0.717) is 5.75 Å². The second-order valence-electron chi connectivity index (χ2n) is 3.31. The molecule has 1 unspecified atom stereocenters. The summed E-state index contributed by atoms with van der Waals surface area (Å²) in [6, 6.07) is -0.770. The number of alkyl halides is 3. The summed E-state index contributed by atoms with van der Waals surface area (Å²) in [6.45, 7) is 1.42. The number of anilines is 1. The van der Waals surface area contributed by atoms with Crippen LogP contribution in [0.15, 0.2) is 12.4 Å². The van der Waals surface area contributed by atoms with Crippen molar-refractivity contribution in [2.45, 2.75) is 25.6 Å². The molecule has 90 valence electrons. The van der Waals surface area contributed by atoms with Crippen molar-refractivity contribution in [3.8, 4) is 5.75 Å². The molecule has 1 atom stereocenters. The van der Waals surface area contributed by atoms with E-state index in [0.717, 1.165) is 0 Å². The molecule has 0 aliphatic heterocycles. The number of halogens is 3. The Balaban J connectivity index is 2.53. The first-order chi connectivity index (χ1) is 7.40. The molecule has 16 heavy (non-hydrogen) atoms. The van der Waals surface area contributed by atoms with Gasteiger partial charge in [-0.1, -0.05) is 0 Å². The van der Waals surface area contributed by atoms with Gasteiger partial charge in [-0.05, 0) is 6.92 Å². The van der Waals surface area contributed by atoms with Crippen molar-refractivity contribution in [3.63, 3.8) is 0 Å². The minimum absolute atomic E-state index is 0.151. The Morgan fingerprint density at radius 2 is 1.94 bits per heavy atom. The largest absolute Gasteiger partial charge is 0.494 e. The molecule has 0 bridgehead atoms. The summed E-state index contributed by atoms with van der Waals surface area (Å²) in [7, 11) is 1.46. The fourth-order valence-electron chi connectivity index (χ4n) is 1.11. The molecule has 0 saturated carbocycles. The highest BCUT2D eigenvalue weighted by molar-refractivity contribution is 5.28. The van der Waals surface area contributed by atoms with Crippen molar-refractivity contribution in [1.82, 2.24) is 9.97 Å². The van der Waals surface area contributed by atoms with E-state index >= 15 is 0 Å². The quantitative estimate of drug-likeness (QED) is 0.869. The van der Waals surface area contributed by atoms with Gasteiger partial charge in [0.15, 0.2) is 5.75 Å². The molecule has 0 aliphatic carbocycles. The summed E-state index contributed by atoms with van der Waals surface area (Å²) in [5, 5.41) is 2.55. The van der Waals surface area contributed by atoms with E-state index in [9.17, 15) is 13.2 Å². The van der Waals surface area contributed by atoms with Crippen LogP contribution in [0.2, 0.25) is 0 Å². The molecule has 4 nitrogen and oxygen atoms in total. The second-order valence-corrected chi connectivity index (χ2v) is 3.31. The van der Waals surface area contributed by atoms with Crippen LogP contribution in [0, 0.1) is 0 Å². The molecule has 0 spiro atoms. The van der Waals surface area contributed by atoms with Crippen molar-refractivity contribution < 1.29 is 17.9 Å². The standard InChI is InChI=1S/C9H12F3N3O/c1-6(3-9(10,11)12)15-8-13-4-7(16-2)5-14-8/h4-6H,3H2,1-2H3,(H,13,14,15). The van der Waals surface area contributed by atoms with Crippen LogP contribution in [-0.4, -0.2) is 29.3 Å². The van der Waals surface area contributed by atoms with Gasteiger partial charge in [0.2, 0.25) is 5.95 Å². The Morgan fingerprint density at radius 1 is 1.38 bits per heavy atom. The maximum Gasteiger partial charge on any atom is 0.391 e. The predicted octanol–water partition coefficient (Wildman–Crippen LogP) is 2.24. The van der Waals surface area contributed by atoms with Crippen LogP contribution in [0.5, 0.6) is 5.75 Å². The summed E-state index contributed by atoms with van der Waals surface area (Å²) in [4.78, 5) is 7.61. The van der Waals surface area contributed by atoms with E-state index < -0.39 is 18.6 Å². The van der Waals surface area contributed by atoms with Crippen molar-refractivity contribution in [3.05, 3.63) is 12.4 Å². The maximum absolute atomic E-state index is 12.0. The van der Waals surface area contributed by atoms with Crippen LogP contribution >= 0.6 is 0 Å². The minimum Gasteiger partial charge on any atom is -0.494 e. The third-order valence-corrected chi connectivity index (χ3v) is 1.78. The van der Waals surface area contributed by atoms with Gasteiger partial charge in [0.1, 0.15) is 0 Å². The van der Waals surface area contributed by atoms with Gasteiger partial charge < -0.3 is 10.1 Å². The van der Waals surface area contributed by atoms with E-state index in [1.165, 1.54) is 26.4 Å². The first-order valence-electron chi connectivity index (χ1n) is 4.60. The number of ether oxygens (including phenoxy) is 1. The summed E-state index contributed by atoms with van der Waals surface area (Å²) >= 11 is 0. The molecule has 0 aliphatic rings. The van der Waals surface area contributed by atoms with Crippen LogP contribution in [0.1, 0.15) is 13.3 Å². The molecule has 0 radical (unpaired) electrons. The maximum atomic E-state index is 12.0. The minimum atomic E-state index is -4.20. The molecule has 1 rings (SSSR count).